The van der Waals surface area contributed by atoms with E-state index in [2.05, 4.69) is 0 Å². The molecule has 0 spiro atoms. The summed E-state index contributed by atoms with van der Waals surface area (Å²) < 4.78 is 0. The molecule has 1 N–H and O–H groups in total. The molecule has 1 fully saturated rings. The van der Waals surface area contributed by atoms with Crippen LogP contribution in [0.2, 0.25) is 10.0 Å². The molecule has 1 saturated heterocycles. The maximum absolute atomic E-state index is 12.5. The minimum atomic E-state index is -0.864. The van der Waals surface area contributed by atoms with Gasteiger partial charge in [0, 0.05) is 18.1 Å². The zero-order chi connectivity index (χ0) is 14.9. The van der Waals surface area contributed by atoms with Crippen molar-refractivity contribution in [2.24, 2.45) is 11.8 Å². The number of aliphatic carboxylic acids is 1. The van der Waals surface area contributed by atoms with Gasteiger partial charge in [0.1, 0.15) is 0 Å². The molecule has 1 aliphatic heterocycles. The van der Waals surface area contributed by atoms with Crippen LogP contribution in [0.25, 0.3) is 0 Å². The summed E-state index contributed by atoms with van der Waals surface area (Å²) in [5.41, 5.74) is 0.356. The first-order valence-electron chi connectivity index (χ1n) is 6.35. The van der Waals surface area contributed by atoms with Gasteiger partial charge in [0.2, 0.25) is 0 Å². The van der Waals surface area contributed by atoms with E-state index in [0.717, 1.165) is 0 Å². The smallest absolute Gasteiger partial charge is 0.308 e. The van der Waals surface area contributed by atoms with Crippen molar-refractivity contribution < 1.29 is 14.7 Å². The summed E-state index contributed by atoms with van der Waals surface area (Å²) in [7, 11) is 0. The standard InChI is InChI=1S/C14H15Cl2NO3/c1-8-4-9(14(19)20)7-17(6-8)13(18)11-3-2-10(15)5-12(11)16/h2-3,5,8-9H,4,6-7H2,1H3,(H,19,20). The average molecular weight is 316 g/mol. The van der Waals surface area contributed by atoms with Gasteiger partial charge >= 0.3 is 5.97 Å². The molecule has 0 bridgehead atoms. The summed E-state index contributed by atoms with van der Waals surface area (Å²) >= 11 is 11.8. The maximum Gasteiger partial charge on any atom is 0.308 e. The molecule has 2 atom stereocenters. The molecule has 0 aromatic heterocycles. The monoisotopic (exact) mass is 315 g/mol. The van der Waals surface area contributed by atoms with E-state index in [4.69, 9.17) is 28.3 Å². The second-order valence-electron chi connectivity index (χ2n) is 5.21. The van der Waals surface area contributed by atoms with Gasteiger partial charge in [-0.25, -0.2) is 0 Å². The number of rotatable bonds is 2. The Bertz CT molecular complexity index is 547. The van der Waals surface area contributed by atoms with Crippen LogP contribution in [0.5, 0.6) is 0 Å². The van der Waals surface area contributed by atoms with E-state index in [1.165, 1.54) is 6.07 Å². The van der Waals surface area contributed by atoms with Crippen LogP contribution in [0.4, 0.5) is 0 Å². The van der Waals surface area contributed by atoms with Crippen LogP contribution in [-0.4, -0.2) is 35.0 Å². The van der Waals surface area contributed by atoms with Crippen molar-refractivity contribution in [2.45, 2.75) is 13.3 Å². The second-order valence-corrected chi connectivity index (χ2v) is 6.05. The lowest BCUT2D eigenvalue weighted by atomic mass is 9.90. The highest BCUT2D eigenvalue weighted by Crippen LogP contribution is 2.26. The number of amides is 1. The van der Waals surface area contributed by atoms with Gasteiger partial charge in [-0.15, -0.1) is 0 Å². The zero-order valence-corrected chi connectivity index (χ0v) is 12.5. The number of carboxylic acids is 1. The molecule has 4 nitrogen and oxygen atoms in total. The van der Waals surface area contributed by atoms with E-state index in [1.54, 1.807) is 17.0 Å². The molecule has 0 aliphatic carbocycles. The first-order chi connectivity index (χ1) is 9.38. The summed E-state index contributed by atoms with van der Waals surface area (Å²) in [6.45, 7) is 2.71. The van der Waals surface area contributed by atoms with Gasteiger partial charge in [0.25, 0.3) is 5.91 Å². The summed E-state index contributed by atoms with van der Waals surface area (Å²) in [6, 6.07) is 4.68. The molecule has 0 saturated carbocycles. The van der Waals surface area contributed by atoms with E-state index < -0.39 is 11.9 Å². The molecule has 1 heterocycles. The van der Waals surface area contributed by atoms with E-state index >= 15 is 0 Å². The van der Waals surface area contributed by atoms with E-state index in [-0.39, 0.29) is 23.4 Å². The lowest BCUT2D eigenvalue weighted by Gasteiger charge is -2.34. The largest absolute Gasteiger partial charge is 0.481 e. The van der Waals surface area contributed by atoms with Crippen molar-refractivity contribution in [3.63, 3.8) is 0 Å². The highest BCUT2D eigenvalue weighted by Gasteiger charge is 2.32. The first kappa shape index (κ1) is 15.1. The number of carbonyl (C=O) groups is 2. The molecule has 0 radical (unpaired) electrons. The van der Waals surface area contributed by atoms with Crippen molar-refractivity contribution in [3.05, 3.63) is 33.8 Å². The molecule has 20 heavy (non-hydrogen) atoms. The highest BCUT2D eigenvalue weighted by atomic mass is 35.5. The van der Waals surface area contributed by atoms with Gasteiger partial charge in [-0.1, -0.05) is 30.1 Å². The molecule has 1 aromatic rings. The normalized spacial score (nSPS) is 22.6. The quantitative estimate of drug-likeness (QED) is 0.912. The summed E-state index contributed by atoms with van der Waals surface area (Å²) in [6.07, 6.45) is 0.591. The molecular weight excluding hydrogens is 301 g/mol. The third-order valence-corrected chi connectivity index (χ3v) is 4.01. The van der Waals surface area contributed by atoms with Gasteiger partial charge in [-0.05, 0) is 30.5 Å². The average Bonchev–Trinajstić information content (AvgIpc) is 2.37. The summed E-state index contributed by atoms with van der Waals surface area (Å²) in [5.74, 6) is -1.48. The summed E-state index contributed by atoms with van der Waals surface area (Å²) in [4.78, 5) is 25.1. The Morgan fingerprint density at radius 2 is 2.00 bits per heavy atom. The molecule has 1 aromatic carbocycles. The van der Waals surface area contributed by atoms with Crippen LogP contribution < -0.4 is 0 Å². The fourth-order valence-electron chi connectivity index (χ4n) is 2.53. The number of nitrogens with zero attached hydrogens (tertiary/aromatic N) is 1. The predicted molar refractivity (Wildman–Crippen MR) is 77.3 cm³/mol. The number of halogens is 2. The van der Waals surface area contributed by atoms with Crippen LogP contribution in [-0.2, 0) is 4.79 Å². The molecule has 6 heteroatoms. The zero-order valence-electron chi connectivity index (χ0n) is 11.0. The Morgan fingerprint density at radius 1 is 1.30 bits per heavy atom. The molecule has 2 unspecified atom stereocenters. The minimum Gasteiger partial charge on any atom is -0.481 e. The number of carboxylic acid groups (broad SMARTS) is 1. The Kier molecular flexibility index (Phi) is 4.55. The van der Waals surface area contributed by atoms with Crippen LogP contribution in [0.3, 0.4) is 0 Å². The Hall–Kier alpha value is -1.26. The maximum atomic E-state index is 12.5. The number of likely N-dealkylation sites (tertiary alicyclic amines) is 1. The van der Waals surface area contributed by atoms with Crippen molar-refractivity contribution in [3.8, 4) is 0 Å². The first-order valence-corrected chi connectivity index (χ1v) is 7.11. The molecule has 1 aliphatic rings. The molecule has 1 amide bonds. The Labute approximate surface area is 127 Å². The lowest BCUT2D eigenvalue weighted by molar-refractivity contribution is -0.143. The third-order valence-electron chi connectivity index (χ3n) is 3.46. The number of benzene rings is 1. The van der Waals surface area contributed by atoms with E-state index in [0.29, 0.717) is 23.6 Å². The van der Waals surface area contributed by atoms with Crippen LogP contribution in [0, 0.1) is 11.8 Å². The number of piperidine rings is 1. The van der Waals surface area contributed by atoms with Crippen LogP contribution in [0.15, 0.2) is 18.2 Å². The molecule has 2 rings (SSSR count). The van der Waals surface area contributed by atoms with Gasteiger partial charge in [0.05, 0.1) is 16.5 Å². The fraction of sp³-hybridized carbons (Fsp3) is 0.429. The Balaban J connectivity index is 2.21. The number of carbonyl (C=O) groups excluding carboxylic acids is 1. The molecular formula is C14H15Cl2NO3. The lowest BCUT2D eigenvalue weighted by Crippen LogP contribution is -2.45. The number of hydrogen-bond donors (Lipinski definition) is 1. The van der Waals surface area contributed by atoms with Gasteiger partial charge < -0.3 is 10.0 Å². The van der Waals surface area contributed by atoms with Gasteiger partial charge in [-0.3, -0.25) is 9.59 Å². The van der Waals surface area contributed by atoms with Crippen molar-refractivity contribution >= 4 is 35.1 Å². The minimum absolute atomic E-state index is 0.153. The topological polar surface area (TPSA) is 57.6 Å². The van der Waals surface area contributed by atoms with Gasteiger partial charge in [-0.2, -0.15) is 0 Å². The molecule has 108 valence electrons. The third kappa shape index (κ3) is 3.25. The Morgan fingerprint density at radius 3 is 2.60 bits per heavy atom. The second kappa shape index (κ2) is 6.02. The van der Waals surface area contributed by atoms with Crippen molar-refractivity contribution in [1.29, 1.82) is 0 Å². The predicted octanol–water partition coefficient (Wildman–Crippen LogP) is 3.18. The van der Waals surface area contributed by atoms with Crippen LogP contribution >= 0.6 is 23.2 Å². The summed E-state index contributed by atoms with van der Waals surface area (Å²) in [5, 5.41) is 9.88. The van der Waals surface area contributed by atoms with Crippen molar-refractivity contribution in [2.75, 3.05) is 13.1 Å². The SMILES string of the molecule is CC1CC(C(=O)O)CN(C(=O)c2ccc(Cl)cc2Cl)C1. The highest BCUT2D eigenvalue weighted by molar-refractivity contribution is 6.36. The van der Waals surface area contributed by atoms with Gasteiger partial charge in [0.15, 0.2) is 0 Å². The van der Waals surface area contributed by atoms with E-state index in [9.17, 15) is 9.59 Å². The number of hydrogen-bond acceptors (Lipinski definition) is 2. The van der Waals surface area contributed by atoms with E-state index in [1.807, 2.05) is 6.92 Å². The fourth-order valence-corrected chi connectivity index (χ4v) is 3.02. The van der Waals surface area contributed by atoms with Crippen LogP contribution in [0.1, 0.15) is 23.7 Å². The van der Waals surface area contributed by atoms with Crippen molar-refractivity contribution in [1.82, 2.24) is 4.90 Å².